The summed E-state index contributed by atoms with van der Waals surface area (Å²) in [5.74, 6) is -0.906. The predicted molar refractivity (Wildman–Crippen MR) is 106 cm³/mol. The Hall–Kier alpha value is -3.07. The van der Waals surface area contributed by atoms with E-state index in [1.54, 1.807) is 6.92 Å². The molecule has 0 fully saturated rings. The molecule has 2 aromatic rings. The number of carbonyl (C=O) groups is 2. The SMILES string of the molecule is COc1ccc([N+](=O)[O-])cc1NC(=O)[C@H](C)OC(=O)[C@@H](C)Sc1ccccc1. The first-order valence-corrected chi connectivity index (χ1v) is 9.25. The number of thioether (sulfide) groups is 1. The highest BCUT2D eigenvalue weighted by Gasteiger charge is 2.24. The first kappa shape index (κ1) is 21.2. The van der Waals surface area contributed by atoms with Crippen molar-refractivity contribution in [3.8, 4) is 5.75 Å². The van der Waals surface area contributed by atoms with E-state index in [-0.39, 0.29) is 17.1 Å². The third kappa shape index (κ3) is 5.71. The number of nitro groups is 1. The first-order chi connectivity index (χ1) is 13.3. The van der Waals surface area contributed by atoms with Crippen molar-refractivity contribution >= 4 is 35.0 Å². The molecule has 0 aliphatic rings. The molecule has 0 aliphatic heterocycles. The number of non-ortho nitro benzene ring substituents is 1. The van der Waals surface area contributed by atoms with Gasteiger partial charge in [0.15, 0.2) is 6.10 Å². The molecule has 0 heterocycles. The molecule has 28 heavy (non-hydrogen) atoms. The molecule has 1 N–H and O–H groups in total. The summed E-state index contributed by atoms with van der Waals surface area (Å²) in [4.78, 5) is 35.9. The maximum atomic E-state index is 12.4. The van der Waals surface area contributed by atoms with Crippen molar-refractivity contribution in [3.63, 3.8) is 0 Å². The molecular weight excluding hydrogens is 384 g/mol. The average molecular weight is 404 g/mol. The molecule has 0 aromatic heterocycles. The van der Waals surface area contributed by atoms with Crippen molar-refractivity contribution in [1.29, 1.82) is 0 Å². The minimum absolute atomic E-state index is 0.122. The molecule has 2 atom stereocenters. The normalized spacial score (nSPS) is 12.5. The van der Waals surface area contributed by atoms with Gasteiger partial charge in [0.25, 0.3) is 11.6 Å². The van der Waals surface area contributed by atoms with Crippen LogP contribution in [0.1, 0.15) is 13.8 Å². The second kappa shape index (κ2) is 9.75. The number of benzene rings is 2. The molecule has 0 bridgehead atoms. The van der Waals surface area contributed by atoms with Gasteiger partial charge in [0.2, 0.25) is 0 Å². The van der Waals surface area contributed by atoms with Gasteiger partial charge < -0.3 is 14.8 Å². The average Bonchev–Trinajstić information content (AvgIpc) is 2.68. The Labute approximate surface area is 166 Å². The lowest BCUT2D eigenvalue weighted by molar-refractivity contribution is -0.384. The second-order valence-electron chi connectivity index (χ2n) is 5.78. The van der Waals surface area contributed by atoms with Crippen molar-refractivity contribution < 1.29 is 24.0 Å². The summed E-state index contributed by atoms with van der Waals surface area (Å²) in [5.41, 5.74) is -0.0788. The van der Waals surface area contributed by atoms with Crippen LogP contribution in [0.15, 0.2) is 53.4 Å². The standard InChI is InChI=1S/C19H20N2O6S/c1-12(27-19(23)13(2)28-15-7-5-4-6-8-15)18(22)20-16-11-14(21(24)25)9-10-17(16)26-3/h4-13H,1-3H3,(H,20,22)/t12-,13+/m0/s1. The highest BCUT2D eigenvalue weighted by molar-refractivity contribution is 8.00. The largest absolute Gasteiger partial charge is 0.495 e. The van der Waals surface area contributed by atoms with Crippen LogP contribution in [0.4, 0.5) is 11.4 Å². The maximum Gasteiger partial charge on any atom is 0.319 e. The van der Waals surface area contributed by atoms with Gasteiger partial charge >= 0.3 is 5.97 Å². The predicted octanol–water partition coefficient (Wildman–Crippen LogP) is 3.65. The molecule has 0 radical (unpaired) electrons. The third-order valence-electron chi connectivity index (χ3n) is 3.70. The number of ether oxygens (including phenoxy) is 2. The van der Waals surface area contributed by atoms with Crippen LogP contribution in [0.25, 0.3) is 0 Å². The van der Waals surface area contributed by atoms with E-state index < -0.39 is 28.2 Å². The highest BCUT2D eigenvalue weighted by atomic mass is 32.2. The minimum atomic E-state index is -1.09. The van der Waals surface area contributed by atoms with Crippen LogP contribution < -0.4 is 10.1 Å². The molecule has 0 spiro atoms. The van der Waals surface area contributed by atoms with Gasteiger partial charge in [-0.3, -0.25) is 19.7 Å². The lowest BCUT2D eigenvalue weighted by atomic mass is 10.2. The number of nitro benzene ring substituents is 1. The minimum Gasteiger partial charge on any atom is -0.495 e. The number of nitrogens with zero attached hydrogens (tertiary/aromatic N) is 1. The zero-order valence-electron chi connectivity index (χ0n) is 15.6. The van der Waals surface area contributed by atoms with Gasteiger partial charge in [-0.25, -0.2) is 0 Å². The molecule has 9 heteroatoms. The van der Waals surface area contributed by atoms with Gasteiger partial charge in [-0.05, 0) is 32.0 Å². The molecule has 0 saturated heterocycles. The van der Waals surface area contributed by atoms with Crippen LogP contribution in [0.5, 0.6) is 5.75 Å². The molecular formula is C19H20N2O6S. The van der Waals surface area contributed by atoms with E-state index in [9.17, 15) is 19.7 Å². The summed E-state index contributed by atoms with van der Waals surface area (Å²) in [6.07, 6.45) is -1.09. The van der Waals surface area contributed by atoms with Crippen molar-refractivity contribution in [2.24, 2.45) is 0 Å². The van der Waals surface area contributed by atoms with Gasteiger partial charge in [-0.1, -0.05) is 18.2 Å². The fourth-order valence-corrected chi connectivity index (χ4v) is 3.09. The van der Waals surface area contributed by atoms with Crippen molar-refractivity contribution in [3.05, 3.63) is 58.6 Å². The van der Waals surface area contributed by atoms with Crippen LogP contribution in [0.2, 0.25) is 0 Å². The highest BCUT2D eigenvalue weighted by Crippen LogP contribution is 2.29. The summed E-state index contributed by atoms with van der Waals surface area (Å²) in [7, 11) is 1.38. The topological polar surface area (TPSA) is 108 Å². The number of carbonyl (C=O) groups excluding carboxylic acids is 2. The summed E-state index contributed by atoms with van der Waals surface area (Å²) in [6.45, 7) is 3.12. The number of hydrogen-bond acceptors (Lipinski definition) is 7. The van der Waals surface area contributed by atoms with Crippen LogP contribution in [0.3, 0.4) is 0 Å². The number of nitrogens with one attached hydrogen (secondary N) is 1. The van der Waals surface area contributed by atoms with Gasteiger partial charge in [0, 0.05) is 17.0 Å². The van der Waals surface area contributed by atoms with E-state index in [1.807, 2.05) is 30.3 Å². The molecule has 8 nitrogen and oxygen atoms in total. The van der Waals surface area contributed by atoms with E-state index in [1.165, 1.54) is 44.0 Å². The fraction of sp³-hybridized carbons (Fsp3) is 0.263. The van der Waals surface area contributed by atoms with E-state index in [4.69, 9.17) is 9.47 Å². The first-order valence-electron chi connectivity index (χ1n) is 8.37. The molecule has 0 aliphatic carbocycles. The number of methoxy groups -OCH3 is 1. The Balaban J connectivity index is 1.99. The van der Waals surface area contributed by atoms with E-state index in [0.29, 0.717) is 0 Å². The number of rotatable bonds is 8. The molecule has 2 aromatic carbocycles. The zero-order chi connectivity index (χ0) is 20.7. The van der Waals surface area contributed by atoms with E-state index in [0.717, 1.165) is 4.90 Å². The van der Waals surface area contributed by atoms with E-state index in [2.05, 4.69) is 5.32 Å². The number of amides is 1. The second-order valence-corrected chi connectivity index (χ2v) is 7.20. The van der Waals surface area contributed by atoms with Crippen molar-refractivity contribution in [2.75, 3.05) is 12.4 Å². The van der Waals surface area contributed by atoms with Gasteiger partial charge in [0.05, 0.1) is 17.7 Å². The molecule has 0 unspecified atom stereocenters. The lowest BCUT2D eigenvalue weighted by Crippen LogP contribution is -2.32. The van der Waals surface area contributed by atoms with Crippen LogP contribution in [-0.4, -0.2) is 35.3 Å². The van der Waals surface area contributed by atoms with Crippen LogP contribution in [-0.2, 0) is 14.3 Å². The third-order valence-corrected chi connectivity index (χ3v) is 4.79. The van der Waals surface area contributed by atoms with E-state index >= 15 is 0 Å². The summed E-state index contributed by atoms with van der Waals surface area (Å²) in [5, 5.41) is 12.9. The molecule has 148 valence electrons. The van der Waals surface area contributed by atoms with Gasteiger partial charge in [-0.15, -0.1) is 11.8 Å². The molecule has 1 amide bonds. The van der Waals surface area contributed by atoms with Gasteiger partial charge in [0.1, 0.15) is 11.0 Å². The number of hydrogen-bond donors (Lipinski definition) is 1. The monoisotopic (exact) mass is 404 g/mol. The van der Waals surface area contributed by atoms with Crippen molar-refractivity contribution in [2.45, 2.75) is 30.1 Å². The van der Waals surface area contributed by atoms with Crippen LogP contribution in [0, 0.1) is 10.1 Å². The molecule has 0 saturated carbocycles. The Morgan fingerprint density at radius 2 is 1.82 bits per heavy atom. The summed E-state index contributed by atoms with van der Waals surface area (Å²) >= 11 is 1.32. The smallest absolute Gasteiger partial charge is 0.319 e. The Morgan fingerprint density at radius 1 is 1.14 bits per heavy atom. The lowest BCUT2D eigenvalue weighted by Gasteiger charge is -2.17. The molecule has 2 rings (SSSR count). The summed E-state index contributed by atoms with van der Waals surface area (Å²) in [6, 6.07) is 13.2. The Kier molecular flexibility index (Phi) is 7.39. The maximum absolute atomic E-state index is 12.4. The number of esters is 1. The van der Waals surface area contributed by atoms with Gasteiger partial charge in [-0.2, -0.15) is 0 Å². The Morgan fingerprint density at radius 3 is 2.43 bits per heavy atom. The van der Waals surface area contributed by atoms with Crippen molar-refractivity contribution in [1.82, 2.24) is 0 Å². The van der Waals surface area contributed by atoms with Crippen LogP contribution >= 0.6 is 11.8 Å². The number of anilines is 1. The zero-order valence-corrected chi connectivity index (χ0v) is 16.4. The quantitative estimate of drug-likeness (QED) is 0.310. The Bertz CT molecular complexity index is 859. The summed E-state index contributed by atoms with van der Waals surface area (Å²) < 4.78 is 10.3. The fourth-order valence-electron chi connectivity index (χ4n) is 2.22.